The maximum Gasteiger partial charge on any atom is 0.152 e. The van der Waals surface area contributed by atoms with Gasteiger partial charge in [0, 0.05) is 5.54 Å². The molecule has 2 N–H and O–H groups in total. The number of hydrogen-bond donors (Lipinski definition) is 1. The summed E-state index contributed by atoms with van der Waals surface area (Å²) in [5.41, 5.74) is 6.03. The molecule has 1 rings (SSSR count). The Morgan fingerprint density at radius 1 is 1.22 bits per heavy atom. The van der Waals surface area contributed by atoms with Crippen LogP contribution in [0.3, 0.4) is 0 Å². The number of hydrogen-bond acceptors (Lipinski definition) is 4. The molecule has 1 aromatic carbocycles. The molecule has 18 heavy (non-hydrogen) atoms. The van der Waals surface area contributed by atoms with Gasteiger partial charge in [-0.25, -0.2) is 8.42 Å². The van der Waals surface area contributed by atoms with Crippen molar-refractivity contribution in [2.24, 2.45) is 5.73 Å². The molecule has 0 aliphatic rings. The summed E-state index contributed by atoms with van der Waals surface area (Å²) in [6.07, 6.45) is 0.502. The summed E-state index contributed by atoms with van der Waals surface area (Å²) in [6.45, 7) is 3.44. The lowest BCUT2D eigenvalue weighted by Crippen LogP contribution is -2.40. The SMILES string of the molecule is COc1ccc(CCS(=O)(=O)CC(C)(C)N)cc1. The molecule has 0 amide bonds. The summed E-state index contributed by atoms with van der Waals surface area (Å²) in [7, 11) is -1.51. The van der Waals surface area contributed by atoms with Crippen molar-refractivity contribution in [1.82, 2.24) is 0 Å². The Labute approximate surface area is 109 Å². The van der Waals surface area contributed by atoms with Gasteiger partial charge in [-0.05, 0) is 38.0 Å². The lowest BCUT2D eigenvalue weighted by atomic mass is 10.1. The lowest BCUT2D eigenvalue weighted by Gasteiger charge is -2.18. The fraction of sp³-hybridized carbons (Fsp3) is 0.538. The Kier molecular flexibility index (Phi) is 4.76. The van der Waals surface area contributed by atoms with Crippen LogP contribution in [0.5, 0.6) is 5.75 Å². The lowest BCUT2D eigenvalue weighted by molar-refractivity contribution is 0.414. The van der Waals surface area contributed by atoms with E-state index in [-0.39, 0.29) is 11.5 Å². The highest BCUT2D eigenvalue weighted by atomic mass is 32.2. The van der Waals surface area contributed by atoms with E-state index in [4.69, 9.17) is 10.5 Å². The number of sulfone groups is 1. The fourth-order valence-corrected chi connectivity index (χ4v) is 3.53. The zero-order chi connectivity index (χ0) is 13.8. The van der Waals surface area contributed by atoms with Crippen molar-refractivity contribution in [3.63, 3.8) is 0 Å². The summed E-state index contributed by atoms with van der Waals surface area (Å²) in [5.74, 6) is 0.903. The zero-order valence-electron chi connectivity index (χ0n) is 11.1. The molecule has 0 fully saturated rings. The third-order valence-corrected chi connectivity index (χ3v) is 4.46. The molecule has 4 nitrogen and oxygen atoms in total. The Bertz CT molecular complexity index is 472. The first kappa shape index (κ1) is 15.0. The molecule has 102 valence electrons. The first-order chi connectivity index (χ1) is 8.22. The van der Waals surface area contributed by atoms with E-state index in [9.17, 15) is 8.42 Å². The van der Waals surface area contributed by atoms with E-state index in [0.717, 1.165) is 11.3 Å². The largest absolute Gasteiger partial charge is 0.497 e. The number of nitrogens with two attached hydrogens (primary N) is 1. The monoisotopic (exact) mass is 271 g/mol. The highest BCUT2D eigenvalue weighted by molar-refractivity contribution is 7.91. The quantitative estimate of drug-likeness (QED) is 0.849. The standard InChI is InChI=1S/C13H21NO3S/c1-13(2,14)10-18(15,16)9-8-11-4-6-12(17-3)7-5-11/h4-7H,8-10,14H2,1-3H3. The van der Waals surface area contributed by atoms with Gasteiger partial charge in [0.05, 0.1) is 18.6 Å². The van der Waals surface area contributed by atoms with Crippen molar-refractivity contribution in [2.45, 2.75) is 25.8 Å². The molecule has 0 saturated carbocycles. The molecule has 0 atom stereocenters. The van der Waals surface area contributed by atoms with Gasteiger partial charge in [0.15, 0.2) is 9.84 Å². The smallest absolute Gasteiger partial charge is 0.152 e. The van der Waals surface area contributed by atoms with Gasteiger partial charge in [-0.3, -0.25) is 0 Å². The Hall–Kier alpha value is -1.07. The maximum absolute atomic E-state index is 11.8. The van der Waals surface area contributed by atoms with Crippen molar-refractivity contribution in [3.05, 3.63) is 29.8 Å². The van der Waals surface area contributed by atoms with Gasteiger partial charge < -0.3 is 10.5 Å². The average molecular weight is 271 g/mol. The van der Waals surface area contributed by atoms with Crippen LogP contribution in [0.15, 0.2) is 24.3 Å². The minimum atomic E-state index is -3.11. The molecule has 0 unspecified atom stereocenters. The van der Waals surface area contributed by atoms with E-state index in [1.54, 1.807) is 21.0 Å². The molecule has 0 spiro atoms. The van der Waals surface area contributed by atoms with E-state index in [1.165, 1.54) is 0 Å². The molecule has 5 heteroatoms. The molecule has 0 radical (unpaired) electrons. The molecule has 0 aliphatic heterocycles. The van der Waals surface area contributed by atoms with Gasteiger partial charge in [0.2, 0.25) is 0 Å². The zero-order valence-corrected chi connectivity index (χ0v) is 12.0. The molecule has 0 aliphatic carbocycles. The van der Waals surface area contributed by atoms with E-state index >= 15 is 0 Å². The van der Waals surface area contributed by atoms with Crippen LogP contribution in [0.4, 0.5) is 0 Å². The fourth-order valence-electron chi connectivity index (χ4n) is 1.70. The Balaban J connectivity index is 2.59. The van der Waals surface area contributed by atoms with Crippen LogP contribution in [-0.4, -0.2) is 32.6 Å². The average Bonchev–Trinajstić information content (AvgIpc) is 2.24. The molecule has 0 aromatic heterocycles. The molecular formula is C13H21NO3S. The third-order valence-electron chi connectivity index (χ3n) is 2.45. The summed E-state index contributed by atoms with van der Waals surface area (Å²) in [4.78, 5) is 0. The number of ether oxygens (including phenoxy) is 1. The summed E-state index contributed by atoms with van der Waals surface area (Å²) < 4.78 is 28.7. The van der Waals surface area contributed by atoms with Crippen molar-refractivity contribution in [2.75, 3.05) is 18.6 Å². The van der Waals surface area contributed by atoms with E-state index in [2.05, 4.69) is 0 Å². The minimum Gasteiger partial charge on any atom is -0.497 e. The molecule has 0 bridgehead atoms. The second kappa shape index (κ2) is 5.71. The summed E-state index contributed by atoms with van der Waals surface area (Å²) in [5, 5.41) is 0. The second-order valence-electron chi connectivity index (χ2n) is 5.18. The van der Waals surface area contributed by atoms with Crippen LogP contribution in [0, 0.1) is 0 Å². The number of benzene rings is 1. The Morgan fingerprint density at radius 2 is 1.78 bits per heavy atom. The predicted octanol–water partition coefficient (Wildman–Crippen LogP) is 1.39. The third kappa shape index (κ3) is 5.51. The van der Waals surface area contributed by atoms with Crippen molar-refractivity contribution >= 4 is 9.84 Å². The first-order valence-corrected chi connectivity index (χ1v) is 7.66. The van der Waals surface area contributed by atoms with Gasteiger partial charge in [0.25, 0.3) is 0 Å². The van der Waals surface area contributed by atoms with Crippen LogP contribution in [0.1, 0.15) is 19.4 Å². The molecular weight excluding hydrogens is 250 g/mol. The number of aryl methyl sites for hydroxylation is 1. The van der Waals surface area contributed by atoms with E-state index in [0.29, 0.717) is 6.42 Å². The van der Waals surface area contributed by atoms with Crippen LogP contribution in [0.2, 0.25) is 0 Å². The van der Waals surface area contributed by atoms with E-state index < -0.39 is 15.4 Å². The van der Waals surface area contributed by atoms with Crippen LogP contribution in [-0.2, 0) is 16.3 Å². The molecule has 0 saturated heterocycles. The van der Waals surface area contributed by atoms with E-state index in [1.807, 2.05) is 24.3 Å². The first-order valence-electron chi connectivity index (χ1n) is 5.84. The Morgan fingerprint density at radius 3 is 2.22 bits per heavy atom. The van der Waals surface area contributed by atoms with Gasteiger partial charge in [-0.15, -0.1) is 0 Å². The molecule has 1 aromatic rings. The van der Waals surface area contributed by atoms with Crippen molar-refractivity contribution in [1.29, 1.82) is 0 Å². The van der Waals surface area contributed by atoms with Crippen LogP contribution in [0.25, 0.3) is 0 Å². The highest BCUT2D eigenvalue weighted by Crippen LogP contribution is 2.13. The van der Waals surface area contributed by atoms with Crippen LogP contribution < -0.4 is 10.5 Å². The van der Waals surface area contributed by atoms with Crippen molar-refractivity contribution < 1.29 is 13.2 Å². The number of rotatable bonds is 6. The normalized spacial score (nSPS) is 12.4. The predicted molar refractivity (Wildman–Crippen MR) is 73.6 cm³/mol. The summed E-state index contributed by atoms with van der Waals surface area (Å²) in [6, 6.07) is 7.41. The van der Waals surface area contributed by atoms with Gasteiger partial charge >= 0.3 is 0 Å². The van der Waals surface area contributed by atoms with Gasteiger partial charge in [-0.2, -0.15) is 0 Å². The van der Waals surface area contributed by atoms with Gasteiger partial charge in [-0.1, -0.05) is 12.1 Å². The second-order valence-corrected chi connectivity index (χ2v) is 7.36. The maximum atomic E-state index is 11.8. The van der Waals surface area contributed by atoms with Crippen molar-refractivity contribution in [3.8, 4) is 5.75 Å². The summed E-state index contributed by atoms with van der Waals surface area (Å²) >= 11 is 0. The molecule has 0 heterocycles. The number of methoxy groups -OCH3 is 1. The minimum absolute atomic E-state index is 0.0101. The van der Waals surface area contributed by atoms with Crippen LogP contribution >= 0.6 is 0 Å². The topological polar surface area (TPSA) is 69.4 Å². The highest BCUT2D eigenvalue weighted by Gasteiger charge is 2.21. The van der Waals surface area contributed by atoms with Gasteiger partial charge in [0.1, 0.15) is 5.75 Å².